The van der Waals surface area contributed by atoms with Gasteiger partial charge in [0.25, 0.3) is 5.69 Å². The molecule has 1 saturated heterocycles. The molecule has 16 heavy (non-hydrogen) atoms. The Morgan fingerprint density at radius 1 is 1.50 bits per heavy atom. The average Bonchev–Trinajstić information content (AvgIpc) is 2.31. The van der Waals surface area contributed by atoms with Crippen LogP contribution in [0.25, 0.3) is 0 Å². The van der Waals surface area contributed by atoms with Gasteiger partial charge in [-0.05, 0) is 0 Å². The highest BCUT2D eigenvalue weighted by molar-refractivity contribution is 5.40. The highest BCUT2D eigenvalue weighted by atomic mass is 16.6. The molecule has 5 nitrogen and oxygen atoms in total. The van der Waals surface area contributed by atoms with E-state index in [1.54, 1.807) is 12.1 Å². The number of hydrogen-bond donors (Lipinski definition) is 1. The van der Waals surface area contributed by atoms with Crippen LogP contribution in [-0.2, 0) is 11.2 Å². The topological polar surface area (TPSA) is 64.4 Å². The first kappa shape index (κ1) is 11.0. The van der Waals surface area contributed by atoms with E-state index >= 15 is 0 Å². The largest absolute Gasteiger partial charge is 0.375 e. The number of rotatable bonds is 3. The number of nitro groups is 1. The SMILES string of the molecule is O=[N+]([O-])c1ccccc1CC1CNCCO1. The molecule has 1 heterocycles. The maximum Gasteiger partial charge on any atom is 0.272 e. The molecule has 1 aromatic carbocycles. The van der Waals surface area contributed by atoms with Gasteiger partial charge in [0.2, 0.25) is 0 Å². The summed E-state index contributed by atoms with van der Waals surface area (Å²) in [7, 11) is 0. The van der Waals surface area contributed by atoms with Gasteiger partial charge in [-0.2, -0.15) is 0 Å². The van der Waals surface area contributed by atoms with Crippen LogP contribution in [0.5, 0.6) is 0 Å². The van der Waals surface area contributed by atoms with E-state index in [-0.39, 0.29) is 16.7 Å². The monoisotopic (exact) mass is 222 g/mol. The van der Waals surface area contributed by atoms with Gasteiger partial charge in [0.1, 0.15) is 0 Å². The summed E-state index contributed by atoms with van der Waals surface area (Å²) in [5, 5.41) is 14.0. The van der Waals surface area contributed by atoms with Crippen LogP contribution < -0.4 is 5.32 Å². The molecule has 1 N–H and O–H groups in total. The van der Waals surface area contributed by atoms with Crippen molar-refractivity contribution in [2.75, 3.05) is 19.7 Å². The predicted octanol–water partition coefficient (Wildman–Crippen LogP) is 1.13. The number of morpholine rings is 1. The second kappa shape index (κ2) is 5.05. The number of para-hydroxylation sites is 1. The molecule has 5 heteroatoms. The normalized spacial score (nSPS) is 20.6. The van der Waals surface area contributed by atoms with Crippen LogP contribution in [0, 0.1) is 10.1 Å². The molecule has 86 valence electrons. The lowest BCUT2D eigenvalue weighted by Gasteiger charge is -2.23. The summed E-state index contributed by atoms with van der Waals surface area (Å²) < 4.78 is 5.53. The molecule has 1 atom stereocenters. The summed E-state index contributed by atoms with van der Waals surface area (Å²) in [5.41, 5.74) is 0.915. The average molecular weight is 222 g/mol. The Kier molecular flexibility index (Phi) is 3.48. The van der Waals surface area contributed by atoms with Gasteiger partial charge in [-0.25, -0.2) is 0 Å². The zero-order valence-electron chi connectivity index (χ0n) is 8.89. The Bertz CT molecular complexity index is 375. The van der Waals surface area contributed by atoms with Gasteiger partial charge in [0.15, 0.2) is 0 Å². The summed E-state index contributed by atoms with van der Waals surface area (Å²) in [6.07, 6.45) is 0.624. The minimum Gasteiger partial charge on any atom is -0.375 e. The fourth-order valence-corrected chi connectivity index (χ4v) is 1.86. The van der Waals surface area contributed by atoms with Crippen LogP contribution in [-0.4, -0.2) is 30.7 Å². The molecule has 1 aliphatic rings. The predicted molar refractivity (Wildman–Crippen MR) is 59.4 cm³/mol. The van der Waals surface area contributed by atoms with Crippen LogP contribution in [0.3, 0.4) is 0 Å². The van der Waals surface area contributed by atoms with Crippen molar-refractivity contribution in [1.29, 1.82) is 0 Å². The maximum absolute atomic E-state index is 10.8. The third-order valence-corrected chi connectivity index (χ3v) is 2.64. The van der Waals surface area contributed by atoms with E-state index in [1.807, 2.05) is 6.07 Å². The summed E-state index contributed by atoms with van der Waals surface area (Å²) in [5.74, 6) is 0. The summed E-state index contributed by atoms with van der Waals surface area (Å²) in [4.78, 5) is 10.5. The van der Waals surface area contributed by atoms with E-state index in [2.05, 4.69) is 5.32 Å². The molecule has 1 unspecified atom stereocenters. The molecule has 2 rings (SSSR count). The van der Waals surface area contributed by atoms with Crippen molar-refractivity contribution in [3.8, 4) is 0 Å². The number of nitrogens with one attached hydrogen (secondary N) is 1. The van der Waals surface area contributed by atoms with Crippen LogP contribution in [0.15, 0.2) is 24.3 Å². The minimum atomic E-state index is -0.342. The van der Waals surface area contributed by atoms with Crippen molar-refractivity contribution < 1.29 is 9.66 Å². The number of nitrogens with zero attached hydrogens (tertiary/aromatic N) is 1. The van der Waals surface area contributed by atoms with E-state index in [1.165, 1.54) is 6.07 Å². The van der Waals surface area contributed by atoms with Crippen LogP contribution in [0.1, 0.15) is 5.56 Å². The van der Waals surface area contributed by atoms with Crippen molar-refractivity contribution in [2.45, 2.75) is 12.5 Å². The molecular formula is C11H14N2O3. The first-order chi connectivity index (χ1) is 7.77. The second-order valence-corrected chi connectivity index (χ2v) is 3.79. The van der Waals surface area contributed by atoms with Crippen molar-refractivity contribution in [1.82, 2.24) is 5.32 Å². The molecule has 0 aromatic heterocycles. The Morgan fingerprint density at radius 2 is 2.31 bits per heavy atom. The Labute approximate surface area is 93.6 Å². The van der Waals surface area contributed by atoms with Crippen molar-refractivity contribution >= 4 is 5.69 Å². The number of hydrogen-bond acceptors (Lipinski definition) is 4. The Hall–Kier alpha value is -1.46. The molecule has 0 aliphatic carbocycles. The summed E-state index contributed by atoms with van der Waals surface area (Å²) >= 11 is 0. The van der Waals surface area contributed by atoms with E-state index in [4.69, 9.17) is 4.74 Å². The molecular weight excluding hydrogens is 208 g/mol. The lowest BCUT2D eigenvalue weighted by molar-refractivity contribution is -0.385. The van der Waals surface area contributed by atoms with E-state index in [9.17, 15) is 10.1 Å². The molecule has 1 fully saturated rings. The minimum absolute atomic E-state index is 0.0369. The van der Waals surface area contributed by atoms with E-state index < -0.39 is 0 Å². The zero-order valence-corrected chi connectivity index (χ0v) is 8.89. The third-order valence-electron chi connectivity index (χ3n) is 2.64. The van der Waals surface area contributed by atoms with Gasteiger partial charge < -0.3 is 10.1 Å². The first-order valence-electron chi connectivity index (χ1n) is 5.32. The molecule has 0 amide bonds. The summed E-state index contributed by atoms with van der Waals surface area (Å²) in [6, 6.07) is 6.82. The van der Waals surface area contributed by atoms with Crippen LogP contribution in [0.2, 0.25) is 0 Å². The van der Waals surface area contributed by atoms with Gasteiger partial charge in [-0.3, -0.25) is 10.1 Å². The molecule has 1 aromatic rings. The number of benzene rings is 1. The van der Waals surface area contributed by atoms with E-state index in [0.29, 0.717) is 13.0 Å². The van der Waals surface area contributed by atoms with Gasteiger partial charge in [0.05, 0.1) is 17.6 Å². The number of nitro benzene ring substituents is 1. The van der Waals surface area contributed by atoms with Crippen LogP contribution >= 0.6 is 0 Å². The first-order valence-corrected chi connectivity index (χ1v) is 5.32. The molecule has 0 radical (unpaired) electrons. The second-order valence-electron chi connectivity index (χ2n) is 3.79. The van der Waals surface area contributed by atoms with Crippen molar-refractivity contribution in [3.05, 3.63) is 39.9 Å². The molecule has 0 bridgehead atoms. The molecule has 0 saturated carbocycles. The smallest absolute Gasteiger partial charge is 0.272 e. The van der Waals surface area contributed by atoms with Crippen molar-refractivity contribution in [2.24, 2.45) is 0 Å². The fourth-order valence-electron chi connectivity index (χ4n) is 1.86. The Balaban J connectivity index is 2.10. The van der Waals surface area contributed by atoms with Crippen molar-refractivity contribution in [3.63, 3.8) is 0 Å². The van der Waals surface area contributed by atoms with Gasteiger partial charge >= 0.3 is 0 Å². The van der Waals surface area contributed by atoms with Crippen LogP contribution in [0.4, 0.5) is 5.69 Å². The lowest BCUT2D eigenvalue weighted by atomic mass is 10.1. The van der Waals surface area contributed by atoms with Gasteiger partial charge in [0, 0.05) is 31.1 Å². The standard InChI is InChI=1S/C11H14N2O3/c14-13(15)11-4-2-1-3-9(11)7-10-8-12-5-6-16-10/h1-4,10,12H,5-8H2. The molecule has 1 aliphatic heterocycles. The highest BCUT2D eigenvalue weighted by Gasteiger charge is 2.19. The Morgan fingerprint density at radius 3 is 3.00 bits per heavy atom. The zero-order chi connectivity index (χ0) is 11.4. The van der Waals surface area contributed by atoms with Gasteiger partial charge in [-0.15, -0.1) is 0 Å². The van der Waals surface area contributed by atoms with Gasteiger partial charge in [-0.1, -0.05) is 18.2 Å². The lowest BCUT2D eigenvalue weighted by Crippen LogP contribution is -2.39. The summed E-state index contributed by atoms with van der Waals surface area (Å²) in [6.45, 7) is 2.28. The fraction of sp³-hybridized carbons (Fsp3) is 0.455. The third kappa shape index (κ3) is 2.56. The highest BCUT2D eigenvalue weighted by Crippen LogP contribution is 2.20. The maximum atomic E-state index is 10.8. The van der Waals surface area contributed by atoms with E-state index in [0.717, 1.165) is 18.7 Å². The quantitative estimate of drug-likeness (QED) is 0.615. The number of ether oxygens (including phenoxy) is 1. The molecule has 0 spiro atoms.